The van der Waals surface area contributed by atoms with Crippen LogP contribution in [0.5, 0.6) is 0 Å². The van der Waals surface area contributed by atoms with Gasteiger partial charge in [-0.3, -0.25) is 4.79 Å². The highest BCUT2D eigenvalue weighted by atomic mass is 35.5. The first-order valence-corrected chi connectivity index (χ1v) is 7.18. The highest BCUT2D eigenvalue weighted by Gasteiger charge is 2.32. The standard InChI is InChI=1S/C14H12ClNOS/c15-12-7-9-3-1-2-4-11(9)13(12)16-14(17)10-5-6-18-8-10/h1-6,8,12-13H,7H2,(H,16,17). The Morgan fingerprint density at radius 1 is 1.33 bits per heavy atom. The monoisotopic (exact) mass is 277 g/mol. The maximum atomic E-state index is 12.1. The van der Waals surface area contributed by atoms with Crippen LogP contribution in [0.2, 0.25) is 0 Å². The molecule has 1 N–H and O–H groups in total. The zero-order valence-corrected chi connectivity index (χ0v) is 11.2. The number of alkyl halides is 1. The number of nitrogens with one attached hydrogen (secondary N) is 1. The van der Waals surface area contributed by atoms with Gasteiger partial charge in [0.25, 0.3) is 5.91 Å². The van der Waals surface area contributed by atoms with Crippen molar-refractivity contribution in [1.82, 2.24) is 5.32 Å². The van der Waals surface area contributed by atoms with E-state index in [1.807, 2.05) is 35.0 Å². The van der Waals surface area contributed by atoms with Crippen molar-refractivity contribution >= 4 is 28.8 Å². The molecule has 4 heteroatoms. The van der Waals surface area contributed by atoms with Gasteiger partial charge in [-0.05, 0) is 29.0 Å². The summed E-state index contributed by atoms with van der Waals surface area (Å²) in [6, 6.07) is 9.83. The van der Waals surface area contributed by atoms with Crippen molar-refractivity contribution in [2.24, 2.45) is 0 Å². The largest absolute Gasteiger partial charge is 0.344 e. The van der Waals surface area contributed by atoms with Crippen LogP contribution in [0.3, 0.4) is 0 Å². The minimum Gasteiger partial charge on any atom is -0.344 e. The van der Waals surface area contributed by atoms with E-state index in [1.54, 1.807) is 0 Å². The minimum absolute atomic E-state index is 0.0522. The Bertz CT molecular complexity index is 567. The molecule has 1 aromatic carbocycles. The molecule has 0 aliphatic heterocycles. The third kappa shape index (κ3) is 2.04. The van der Waals surface area contributed by atoms with Crippen molar-refractivity contribution in [3.63, 3.8) is 0 Å². The van der Waals surface area contributed by atoms with Gasteiger partial charge in [-0.15, -0.1) is 11.6 Å². The Hall–Kier alpha value is -1.32. The van der Waals surface area contributed by atoms with Crippen molar-refractivity contribution in [3.05, 3.63) is 57.8 Å². The number of carbonyl (C=O) groups excluding carboxylic acids is 1. The van der Waals surface area contributed by atoms with Gasteiger partial charge in [-0.2, -0.15) is 11.3 Å². The molecule has 1 aliphatic rings. The topological polar surface area (TPSA) is 29.1 Å². The molecule has 92 valence electrons. The third-order valence-corrected chi connectivity index (χ3v) is 4.33. The van der Waals surface area contributed by atoms with Crippen LogP contribution in [0.4, 0.5) is 0 Å². The smallest absolute Gasteiger partial charge is 0.252 e. The van der Waals surface area contributed by atoms with Crippen molar-refractivity contribution in [2.75, 3.05) is 0 Å². The van der Waals surface area contributed by atoms with Crippen molar-refractivity contribution in [1.29, 1.82) is 0 Å². The van der Waals surface area contributed by atoms with Gasteiger partial charge >= 0.3 is 0 Å². The highest BCUT2D eigenvalue weighted by molar-refractivity contribution is 7.08. The molecule has 0 fully saturated rings. The van der Waals surface area contributed by atoms with Crippen LogP contribution in [0.1, 0.15) is 27.5 Å². The van der Waals surface area contributed by atoms with E-state index in [0.29, 0.717) is 5.56 Å². The fraction of sp³-hybridized carbons (Fsp3) is 0.214. The predicted molar refractivity (Wildman–Crippen MR) is 74.3 cm³/mol. The van der Waals surface area contributed by atoms with E-state index in [1.165, 1.54) is 16.9 Å². The summed E-state index contributed by atoms with van der Waals surface area (Å²) in [5.74, 6) is -0.0522. The second-order valence-electron chi connectivity index (χ2n) is 4.38. The lowest BCUT2D eigenvalue weighted by atomic mass is 10.1. The summed E-state index contributed by atoms with van der Waals surface area (Å²) in [5.41, 5.74) is 3.07. The molecule has 1 heterocycles. The number of fused-ring (bicyclic) bond motifs is 1. The average Bonchev–Trinajstić information content (AvgIpc) is 2.98. The second kappa shape index (κ2) is 4.75. The van der Waals surface area contributed by atoms with E-state index in [-0.39, 0.29) is 17.3 Å². The Labute approximate surface area is 115 Å². The molecule has 18 heavy (non-hydrogen) atoms. The SMILES string of the molecule is O=C(NC1c2ccccc2CC1Cl)c1ccsc1. The van der Waals surface area contributed by atoms with Crippen LogP contribution in [0.25, 0.3) is 0 Å². The van der Waals surface area contributed by atoms with Crippen LogP contribution in [-0.4, -0.2) is 11.3 Å². The molecular formula is C14H12ClNOS. The summed E-state index contributed by atoms with van der Waals surface area (Å²) in [6.45, 7) is 0. The molecule has 0 radical (unpaired) electrons. The van der Waals surface area contributed by atoms with Crippen molar-refractivity contribution < 1.29 is 4.79 Å². The molecule has 2 unspecified atom stereocenters. The Kier molecular flexibility index (Phi) is 3.10. The number of benzene rings is 1. The zero-order valence-electron chi connectivity index (χ0n) is 9.60. The van der Waals surface area contributed by atoms with E-state index in [2.05, 4.69) is 11.4 Å². The summed E-state index contributed by atoms with van der Waals surface area (Å²) in [5, 5.41) is 6.70. The number of hydrogen-bond donors (Lipinski definition) is 1. The summed E-state index contributed by atoms with van der Waals surface area (Å²) in [7, 11) is 0. The Morgan fingerprint density at radius 2 is 2.17 bits per heavy atom. The van der Waals surface area contributed by atoms with E-state index >= 15 is 0 Å². The van der Waals surface area contributed by atoms with Gasteiger partial charge in [0.05, 0.1) is 17.0 Å². The van der Waals surface area contributed by atoms with Gasteiger partial charge in [-0.25, -0.2) is 0 Å². The third-order valence-electron chi connectivity index (χ3n) is 3.24. The normalized spacial score (nSPS) is 21.6. The summed E-state index contributed by atoms with van der Waals surface area (Å²) < 4.78 is 0. The van der Waals surface area contributed by atoms with E-state index in [4.69, 9.17) is 11.6 Å². The van der Waals surface area contributed by atoms with E-state index < -0.39 is 0 Å². The number of thiophene rings is 1. The number of hydrogen-bond acceptors (Lipinski definition) is 2. The molecule has 2 aromatic rings. The Morgan fingerprint density at radius 3 is 2.94 bits per heavy atom. The molecule has 0 saturated heterocycles. The first-order valence-electron chi connectivity index (χ1n) is 5.80. The van der Waals surface area contributed by atoms with Gasteiger partial charge in [0, 0.05) is 5.38 Å². The Balaban J connectivity index is 1.83. The van der Waals surface area contributed by atoms with E-state index in [9.17, 15) is 4.79 Å². The first kappa shape index (κ1) is 11.8. The van der Waals surface area contributed by atoms with Crippen LogP contribution in [0, 0.1) is 0 Å². The van der Waals surface area contributed by atoms with Crippen LogP contribution < -0.4 is 5.32 Å². The summed E-state index contributed by atoms with van der Waals surface area (Å²) in [4.78, 5) is 12.1. The summed E-state index contributed by atoms with van der Waals surface area (Å²) >= 11 is 7.86. The molecule has 0 spiro atoms. The minimum atomic E-state index is -0.0877. The molecule has 0 bridgehead atoms. The molecule has 2 nitrogen and oxygen atoms in total. The van der Waals surface area contributed by atoms with E-state index in [0.717, 1.165) is 12.0 Å². The molecule has 1 aliphatic carbocycles. The molecule has 0 saturated carbocycles. The maximum Gasteiger partial charge on any atom is 0.252 e. The lowest BCUT2D eigenvalue weighted by Gasteiger charge is -2.17. The molecular weight excluding hydrogens is 266 g/mol. The van der Waals surface area contributed by atoms with Gasteiger partial charge in [0.2, 0.25) is 0 Å². The molecule has 1 amide bonds. The molecule has 3 rings (SSSR count). The second-order valence-corrected chi connectivity index (χ2v) is 5.72. The number of carbonyl (C=O) groups is 1. The number of rotatable bonds is 2. The lowest BCUT2D eigenvalue weighted by Crippen LogP contribution is -2.31. The first-order chi connectivity index (χ1) is 8.75. The predicted octanol–water partition coefficient (Wildman–Crippen LogP) is 3.38. The summed E-state index contributed by atoms with van der Waals surface area (Å²) in [6.07, 6.45) is 0.812. The van der Waals surface area contributed by atoms with Crippen LogP contribution in [-0.2, 0) is 6.42 Å². The molecule has 2 atom stereocenters. The number of amides is 1. The number of halogens is 1. The van der Waals surface area contributed by atoms with Crippen LogP contribution >= 0.6 is 22.9 Å². The van der Waals surface area contributed by atoms with Gasteiger partial charge in [0.15, 0.2) is 0 Å². The average molecular weight is 278 g/mol. The van der Waals surface area contributed by atoms with Crippen molar-refractivity contribution in [3.8, 4) is 0 Å². The zero-order chi connectivity index (χ0) is 12.5. The fourth-order valence-corrected chi connectivity index (χ4v) is 3.33. The quantitative estimate of drug-likeness (QED) is 0.838. The van der Waals surface area contributed by atoms with Gasteiger partial charge in [-0.1, -0.05) is 24.3 Å². The maximum absolute atomic E-state index is 12.1. The van der Waals surface area contributed by atoms with Crippen molar-refractivity contribution in [2.45, 2.75) is 17.8 Å². The van der Waals surface area contributed by atoms with Crippen LogP contribution in [0.15, 0.2) is 41.1 Å². The highest BCUT2D eigenvalue weighted by Crippen LogP contribution is 2.34. The van der Waals surface area contributed by atoms with Gasteiger partial charge in [0.1, 0.15) is 0 Å². The fourth-order valence-electron chi connectivity index (χ4n) is 2.33. The lowest BCUT2D eigenvalue weighted by molar-refractivity contribution is 0.0938. The molecule has 1 aromatic heterocycles. The van der Waals surface area contributed by atoms with Gasteiger partial charge < -0.3 is 5.32 Å².